The van der Waals surface area contributed by atoms with Crippen molar-refractivity contribution in [2.75, 3.05) is 13.1 Å². The van der Waals surface area contributed by atoms with E-state index in [1.54, 1.807) is 0 Å². The fourth-order valence-corrected chi connectivity index (χ4v) is 3.21. The molecule has 1 amide bonds. The molecule has 0 saturated heterocycles. The first-order valence-electron chi connectivity index (χ1n) is 8.28. The van der Waals surface area contributed by atoms with E-state index in [0.29, 0.717) is 12.3 Å². The first-order valence-corrected chi connectivity index (χ1v) is 8.28. The number of likely N-dealkylation sites (N-methyl/N-ethyl adjacent to an activating group) is 1. The smallest absolute Gasteiger partial charge is 0.222 e. The molecule has 1 aromatic carbocycles. The van der Waals surface area contributed by atoms with E-state index in [4.69, 9.17) is 5.73 Å². The highest BCUT2D eigenvalue weighted by atomic mass is 35.5. The lowest BCUT2D eigenvalue weighted by Crippen LogP contribution is -2.39. The molecule has 1 fully saturated rings. The molecule has 1 aliphatic carbocycles. The van der Waals surface area contributed by atoms with Crippen LogP contribution >= 0.6 is 12.4 Å². The Kier molecular flexibility index (Phi) is 8.51. The van der Waals surface area contributed by atoms with Crippen molar-refractivity contribution in [2.24, 2.45) is 11.7 Å². The molecular formula is C18H29ClN2O. The van der Waals surface area contributed by atoms with Gasteiger partial charge in [-0.2, -0.15) is 0 Å². The van der Waals surface area contributed by atoms with E-state index in [1.807, 2.05) is 11.0 Å². The maximum absolute atomic E-state index is 12.5. The summed E-state index contributed by atoms with van der Waals surface area (Å²) in [6.07, 6.45) is 6.19. The first-order chi connectivity index (χ1) is 10.2. The molecule has 1 saturated carbocycles. The largest absolute Gasteiger partial charge is 0.343 e. The average Bonchev–Trinajstić information content (AvgIpc) is 2.51. The van der Waals surface area contributed by atoms with Crippen molar-refractivity contribution in [3.05, 3.63) is 35.9 Å². The SMILES string of the molecule is CCN(CCc1ccccc1)C(=O)CC1CCCCC1N.Cl. The molecule has 2 atom stereocenters. The number of rotatable bonds is 6. The number of hydrogen-bond donors (Lipinski definition) is 1. The van der Waals surface area contributed by atoms with E-state index in [0.717, 1.165) is 32.4 Å². The van der Waals surface area contributed by atoms with Crippen LogP contribution in [0.2, 0.25) is 0 Å². The highest BCUT2D eigenvalue weighted by Crippen LogP contribution is 2.26. The van der Waals surface area contributed by atoms with Gasteiger partial charge in [-0.1, -0.05) is 43.2 Å². The van der Waals surface area contributed by atoms with Crippen molar-refractivity contribution in [1.82, 2.24) is 4.90 Å². The third kappa shape index (κ3) is 5.62. The summed E-state index contributed by atoms with van der Waals surface area (Å²) in [5, 5.41) is 0. The average molecular weight is 325 g/mol. The van der Waals surface area contributed by atoms with Crippen LogP contribution in [-0.4, -0.2) is 29.9 Å². The Labute approximate surface area is 140 Å². The fraction of sp³-hybridized carbons (Fsp3) is 0.611. The Morgan fingerprint density at radius 3 is 2.55 bits per heavy atom. The molecule has 0 aromatic heterocycles. The van der Waals surface area contributed by atoms with Gasteiger partial charge in [-0.15, -0.1) is 12.4 Å². The Bertz CT molecular complexity index is 438. The molecule has 2 rings (SSSR count). The fourth-order valence-electron chi connectivity index (χ4n) is 3.21. The lowest BCUT2D eigenvalue weighted by molar-refractivity contribution is -0.132. The Balaban J connectivity index is 0.00000242. The summed E-state index contributed by atoms with van der Waals surface area (Å²) in [4.78, 5) is 14.5. The second-order valence-corrected chi connectivity index (χ2v) is 6.12. The van der Waals surface area contributed by atoms with Crippen LogP contribution in [0.4, 0.5) is 0 Å². The molecule has 22 heavy (non-hydrogen) atoms. The summed E-state index contributed by atoms with van der Waals surface area (Å²) >= 11 is 0. The van der Waals surface area contributed by atoms with Gasteiger partial charge in [0.15, 0.2) is 0 Å². The van der Waals surface area contributed by atoms with Crippen LogP contribution in [0, 0.1) is 5.92 Å². The number of nitrogens with two attached hydrogens (primary N) is 1. The Hall–Kier alpha value is -1.06. The van der Waals surface area contributed by atoms with Crippen LogP contribution < -0.4 is 5.73 Å². The van der Waals surface area contributed by atoms with Gasteiger partial charge in [0.05, 0.1) is 0 Å². The van der Waals surface area contributed by atoms with Gasteiger partial charge in [0.25, 0.3) is 0 Å². The van der Waals surface area contributed by atoms with Crippen LogP contribution in [0.3, 0.4) is 0 Å². The molecule has 4 heteroatoms. The molecular weight excluding hydrogens is 296 g/mol. The molecule has 0 aliphatic heterocycles. The third-order valence-electron chi connectivity index (χ3n) is 4.65. The van der Waals surface area contributed by atoms with Crippen molar-refractivity contribution in [3.8, 4) is 0 Å². The van der Waals surface area contributed by atoms with Crippen molar-refractivity contribution in [2.45, 2.75) is 51.5 Å². The molecule has 124 valence electrons. The maximum Gasteiger partial charge on any atom is 0.222 e. The molecule has 0 bridgehead atoms. The number of benzene rings is 1. The number of amides is 1. The molecule has 0 heterocycles. The minimum absolute atomic E-state index is 0. The van der Waals surface area contributed by atoms with E-state index in [1.165, 1.54) is 18.4 Å². The number of carbonyl (C=O) groups excluding carboxylic acids is 1. The van der Waals surface area contributed by atoms with Crippen LogP contribution in [0.5, 0.6) is 0 Å². The zero-order valence-corrected chi connectivity index (χ0v) is 14.4. The van der Waals surface area contributed by atoms with Crippen LogP contribution in [-0.2, 0) is 11.2 Å². The summed E-state index contributed by atoms with van der Waals surface area (Å²) < 4.78 is 0. The number of carbonyl (C=O) groups is 1. The van der Waals surface area contributed by atoms with Crippen LogP contribution in [0.25, 0.3) is 0 Å². The van der Waals surface area contributed by atoms with E-state index < -0.39 is 0 Å². The standard InChI is InChI=1S/C18H28N2O.ClH/c1-2-20(13-12-15-8-4-3-5-9-15)18(21)14-16-10-6-7-11-17(16)19;/h3-5,8-9,16-17H,2,6-7,10-14,19H2,1H3;1H. The monoisotopic (exact) mass is 324 g/mol. The number of hydrogen-bond acceptors (Lipinski definition) is 2. The molecule has 2 unspecified atom stereocenters. The summed E-state index contributed by atoms with van der Waals surface area (Å²) in [5.41, 5.74) is 7.45. The van der Waals surface area contributed by atoms with Gasteiger partial charge >= 0.3 is 0 Å². The quantitative estimate of drug-likeness (QED) is 0.871. The molecule has 3 nitrogen and oxygen atoms in total. The van der Waals surface area contributed by atoms with Crippen molar-refractivity contribution in [1.29, 1.82) is 0 Å². The first kappa shape index (κ1) is 19.0. The van der Waals surface area contributed by atoms with Gasteiger partial charge in [-0.25, -0.2) is 0 Å². The van der Waals surface area contributed by atoms with Gasteiger partial charge in [-0.05, 0) is 37.7 Å². The van der Waals surface area contributed by atoms with Crippen LogP contribution in [0.15, 0.2) is 30.3 Å². The number of nitrogens with zero attached hydrogens (tertiary/aromatic N) is 1. The molecule has 0 radical (unpaired) electrons. The second kappa shape index (κ2) is 9.86. The number of halogens is 1. The van der Waals surface area contributed by atoms with E-state index in [-0.39, 0.29) is 24.4 Å². The van der Waals surface area contributed by atoms with E-state index in [9.17, 15) is 4.79 Å². The third-order valence-corrected chi connectivity index (χ3v) is 4.65. The predicted molar refractivity (Wildman–Crippen MR) is 94.2 cm³/mol. The van der Waals surface area contributed by atoms with Crippen molar-refractivity contribution >= 4 is 18.3 Å². The minimum atomic E-state index is 0. The minimum Gasteiger partial charge on any atom is -0.343 e. The summed E-state index contributed by atoms with van der Waals surface area (Å²) in [6.45, 7) is 3.65. The zero-order valence-electron chi connectivity index (χ0n) is 13.5. The summed E-state index contributed by atoms with van der Waals surface area (Å²) in [6, 6.07) is 10.6. The molecule has 1 aromatic rings. The Morgan fingerprint density at radius 1 is 1.23 bits per heavy atom. The summed E-state index contributed by atoms with van der Waals surface area (Å²) in [5.74, 6) is 0.660. The second-order valence-electron chi connectivity index (χ2n) is 6.12. The highest BCUT2D eigenvalue weighted by molar-refractivity contribution is 5.85. The zero-order chi connectivity index (χ0) is 15.1. The van der Waals surface area contributed by atoms with Crippen molar-refractivity contribution in [3.63, 3.8) is 0 Å². The van der Waals surface area contributed by atoms with E-state index >= 15 is 0 Å². The lowest BCUT2D eigenvalue weighted by Gasteiger charge is -2.30. The normalized spacial score (nSPS) is 21.0. The topological polar surface area (TPSA) is 46.3 Å². The van der Waals surface area contributed by atoms with E-state index in [2.05, 4.69) is 31.2 Å². The predicted octanol–water partition coefficient (Wildman–Crippen LogP) is 3.41. The van der Waals surface area contributed by atoms with Gasteiger partial charge in [0.1, 0.15) is 0 Å². The van der Waals surface area contributed by atoms with Gasteiger partial charge in [-0.3, -0.25) is 4.79 Å². The lowest BCUT2D eigenvalue weighted by atomic mass is 9.82. The van der Waals surface area contributed by atoms with Crippen LogP contribution in [0.1, 0.15) is 44.6 Å². The molecule has 0 spiro atoms. The van der Waals surface area contributed by atoms with Crippen molar-refractivity contribution < 1.29 is 4.79 Å². The van der Waals surface area contributed by atoms with Gasteiger partial charge < -0.3 is 10.6 Å². The Morgan fingerprint density at radius 2 is 1.91 bits per heavy atom. The van der Waals surface area contributed by atoms with Gasteiger partial charge in [0, 0.05) is 25.6 Å². The highest BCUT2D eigenvalue weighted by Gasteiger charge is 2.25. The molecule has 1 aliphatic rings. The molecule has 2 N–H and O–H groups in total. The maximum atomic E-state index is 12.5. The van der Waals surface area contributed by atoms with Gasteiger partial charge in [0.2, 0.25) is 5.91 Å². The summed E-state index contributed by atoms with van der Waals surface area (Å²) in [7, 11) is 0.